The van der Waals surface area contributed by atoms with Crippen LogP contribution in [0.5, 0.6) is 0 Å². The Morgan fingerprint density at radius 3 is 2.82 bits per heavy atom. The highest BCUT2D eigenvalue weighted by Crippen LogP contribution is 2.22. The number of hydrogen-bond acceptors (Lipinski definition) is 3. The van der Waals surface area contributed by atoms with E-state index >= 15 is 0 Å². The Balaban J connectivity index is 1.78. The summed E-state index contributed by atoms with van der Waals surface area (Å²) in [7, 11) is 0. The molecule has 0 aliphatic carbocycles. The topological polar surface area (TPSA) is 60.0 Å². The summed E-state index contributed by atoms with van der Waals surface area (Å²) in [5, 5.41) is 3.21. The van der Waals surface area contributed by atoms with Crippen LogP contribution in [0.3, 0.4) is 0 Å². The van der Waals surface area contributed by atoms with E-state index in [-0.39, 0.29) is 5.63 Å². The number of benzene rings is 1. The average Bonchev–Trinajstić information content (AvgIpc) is 3.01. The Morgan fingerprint density at radius 1 is 1.18 bits per heavy atom. The molecule has 3 rings (SSSR count). The molecule has 0 saturated carbocycles. The highest BCUT2D eigenvalue weighted by atomic mass is 16.4. The molecule has 0 aliphatic heterocycles. The molecule has 0 aliphatic rings. The van der Waals surface area contributed by atoms with E-state index in [4.69, 9.17) is 8.83 Å². The average molecular weight is 298 g/mol. The van der Waals surface area contributed by atoms with Crippen LogP contribution in [-0.2, 0) is 13.0 Å². The molecule has 0 bridgehead atoms. The molecule has 2 aromatic heterocycles. The van der Waals surface area contributed by atoms with Crippen LogP contribution < -0.4 is 10.9 Å². The molecule has 2 heterocycles. The molecule has 3 aromatic rings. The van der Waals surface area contributed by atoms with E-state index in [2.05, 4.69) is 11.4 Å². The van der Waals surface area contributed by atoms with Crippen LogP contribution in [0.2, 0.25) is 0 Å². The second-order valence-electron chi connectivity index (χ2n) is 5.59. The standard InChI is InChI=1S/C18H19NO3/c1-12-5-6-16-14(10-17(20)22-18(16)13(12)2)11-19-8-7-15-4-3-9-21-15/h3-6,9-10,19H,7-8,11H2,1-2H3/p+1. The number of furan rings is 1. The van der Waals surface area contributed by atoms with E-state index in [0.29, 0.717) is 5.58 Å². The van der Waals surface area contributed by atoms with Crippen molar-refractivity contribution in [3.8, 4) is 0 Å². The molecule has 1 aromatic carbocycles. The van der Waals surface area contributed by atoms with Gasteiger partial charge in [0.25, 0.3) is 0 Å². The lowest BCUT2D eigenvalue weighted by Gasteiger charge is -2.08. The van der Waals surface area contributed by atoms with Crippen LogP contribution in [-0.4, -0.2) is 6.54 Å². The van der Waals surface area contributed by atoms with Gasteiger partial charge in [-0.25, -0.2) is 4.79 Å². The normalized spacial score (nSPS) is 11.2. The van der Waals surface area contributed by atoms with Gasteiger partial charge in [-0.05, 0) is 37.1 Å². The minimum Gasteiger partial charge on any atom is -0.469 e. The number of aryl methyl sites for hydroxylation is 2. The van der Waals surface area contributed by atoms with Crippen molar-refractivity contribution in [2.24, 2.45) is 0 Å². The first kappa shape index (κ1) is 14.6. The van der Waals surface area contributed by atoms with Gasteiger partial charge in [-0.2, -0.15) is 0 Å². The minimum atomic E-state index is -0.282. The Kier molecular flexibility index (Phi) is 4.11. The van der Waals surface area contributed by atoms with Crippen molar-refractivity contribution in [2.75, 3.05) is 6.54 Å². The van der Waals surface area contributed by atoms with Gasteiger partial charge in [-0.1, -0.05) is 12.1 Å². The summed E-state index contributed by atoms with van der Waals surface area (Å²) in [4.78, 5) is 11.8. The molecule has 4 nitrogen and oxygen atoms in total. The molecule has 0 atom stereocenters. The number of rotatable bonds is 5. The van der Waals surface area contributed by atoms with Crippen LogP contribution in [0, 0.1) is 13.8 Å². The van der Waals surface area contributed by atoms with Gasteiger partial charge >= 0.3 is 5.63 Å². The van der Waals surface area contributed by atoms with E-state index in [9.17, 15) is 4.79 Å². The lowest BCUT2D eigenvalue weighted by atomic mass is 10.0. The molecule has 4 heteroatoms. The smallest absolute Gasteiger partial charge is 0.336 e. The summed E-state index contributed by atoms with van der Waals surface area (Å²) in [6.45, 7) is 5.69. The molecule has 114 valence electrons. The van der Waals surface area contributed by atoms with Gasteiger partial charge in [-0.3, -0.25) is 0 Å². The highest BCUT2D eigenvalue weighted by molar-refractivity contribution is 5.83. The van der Waals surface area contributed by atoms with Gasteiger partial charge in [-0.15, -0.1) is 0 Å². The van der Waals surface area contributed by atoms with Crippen LogP contribution in [0.15, 0.2) is 50.2 Å². The van der Waals surface area contributed by atoms with Crippen LogP contribution in [0.1, 0.15) is 22.5 Å². The monoisotopic (exact) mass is 298 g/mol. The molecule has 0 unspecified atom stereocenters. The fraction of sp³-hybridized carbons (Fsp3) is 0.278. The molecular weight excluding hydrogens is 278 g/mol. The molecule has 2 N–H and O–H groups in total. The largest absolute Gasteiger partial charge is 0.469 e. The maximum absolute atomic E-state index is 11.8. The van der Waals surface area contributed by atoms with Crippen molar-refractivity contribution in [1.29, 1.82) is 0 Å². The Bertz CT molecular complexity index is 831. The van der Waals surface area contributed by atoms with E-state index in [1.165, 1.54) is 0 Å². The maximum atomic E-state index is 11.8. The third kappa shape index (κ3) is 2.97. The van der Waals surface area contributed by atoms with Crippen molar-refractivity contribution in [3.05, 3.63) is 69.5 Å². The number of fused-ring (bicyclic) bond motifs is 1. The van der Waals surface area contributed by atoms with Gasteiger partial charge in [0.1, 0.15) is 17.9 Å². The Labute approximate surface area is 128 Å². The lowest BCUT2D eigenvalue weighted by molar-refractivity contribution is -0.670. The number of nitrogens with two attached hydrogens (primary N) is 1. The maximum Gasteiger partial charge on any atom is 0.336 e. The summed E-state index contributed by atoms with van der Waals surface area (Å²) in [6.07, 6.45) is 2.57. The fourth-order valence-electron chi connectivity index (χ4n) is 2.65. The summed E-state index contributed by atoms with van der Waals surface area (Å²) in [5.74, 6) is 0.986. The first-order valence-corrected chi connectivity index (χ1v) is 7.52. The van der Waals surface area contributed by atoms with Crippen molar-refractivity contribution in [2.45, 2.75) is 26.8 Å². The first-order valence-electron chi connectivity index (χ1n) is 7.52. The zero-order valence-electron chi connectivity index (χ0n) is 12.9. The molecule has 0 spiro atoms. The molecule has 0 fully saturated rings. The van der Waals surface area contributed by atoms with Gasteiger partial charge < -0.3 is 14.2 Å². The van der Waals surface area contributed by atoms with Gasteiger partial charge in [0.05, 0.1) is 19.2 Å². The second kappa shape index (κ2) is 6.20. The highest BCUT2D eigenvalue weighted by Gasteiger charge is 2.10. The van der Waals surface area contributed by atoms with Crippen molar-refractivity contribution >= 4 is 11.0 Å². The predicted molar refractivity (Wildman–Crippen MR) is 84.9 cm³/mol. The summed E-state index contributed by atoms with van der Waals surface area (Å²) in [6, 6.07) is 9.59. The van der Waals surface area contributed by atoms with Crippen molar-refractivity contribution in [3.63, 3.8) is 0 Å². The predicted octanol–water partition coefficient (Wildman–Crippen LogP) is 2.31. The number of quaternary nitrogens is 1. The summed E-state index contributed by atoms with van der Waals surface area (Å²) < 4.78 is 10.7. The molecule has 0 amide bonds. The third-order valence-electron chi connectivity index (χ3n) is 4.06. The van der Waals surface area contributed by atoms with E-state index in [1.807, 2.05) is 32.0 Å². The van der Waals surface area contributed by atoms with Crippen LogP contribution in [0.25, 0.3) is 11.0 Å². The zero-order valence-corrected chi connectivity index (χ0v) is 12.9. The molecule has 22 heavy (non-hydrogen) atoms. The Morgan fingerprint density at radius 2 is 2.05 bits per heavy atom. The van der Waals surface area contributed by atoms with Gasteiger partial charge in [0.2, 0.25) is 0 Å². The quantitative estimate of drug-likeness (QED) is 0.581. The second-order valence-corrected chi connectivity index (χ2v) is 5.59. The SMILES string of the molecule is Cc1ccc2c(C[NH2+]CCc3ccco3)cc(=O)oc2c1C. The van der Waals surface area contributed by atoms with E-state index in [1.54, 1.807) is 12.3 Å². The van der Waals surface area contributed by atoms with E-state index in [0.717, 1.165) is 47.3 Å². The van der Waals surface area contributed by atoms with Gasteiger partial charge in [0.15, 0.2) is 0 Å². The van der Waals surface area contributed by atoms with Crippen LogP contribution >= 0.6 is 0 Å². The lowest BCUT2D eigenvalue weighted by Crippen LogP contribution is -2.83. The van der Waals surface area contributed by atoms with Crippen molar-refractivity contribution < 1.29 is 14.2 Å². The summed E-state index contributed by atoms with van der Waals surface area (Å²) in [5.41, 5.74) is 3.62. The third-order valence-corrected chi connectivity index (χ3v) is 4.06. The molecule has 0 saturated heterocycles. The Hall–Kier alpha value is -2.33. The van der Waals surface area contributed by atoms with Crippen LogP contribution in [0.4, 0.5) is 0 Å². The first-order chi connectivity index (χ1) is 10.6. The molecular formula is C18H20NO3+. The summed E-state index contributed by atoms with van der Waals surface area (Å²) >= 11 is 0. The fourth-order valence-corrected chi connectivity index (χ4v) is 2.65. The van der Waals surface area contributed by atoms with E-state index < -0.39 is 0 Å². The zero-order chi connectivity index (χ0) is 15.5. The molecule has 0 radical (unpaired) electrons. The van der Waals surface area contributed by atoms with Crippen molar-refractivity contribution in [1.82, 2.24) is 0 Å². The minimum absolute atomic E-state index is 0.282. The van der Waals surface area contributed by atoms with Gasteiger partial charge in [0, 0.05) is 17.0 Å². The number of hydrogen-bond donors (Lipinski definition) is 1.